The Kier molecular flexibility index (Phi) is 3.10. The number of para-hydroxylation sites is 1. The number of benzene rings is 1. The number of ether oxygens (including phenoxy) is 1. The van der Waals surface area contributed by atoms with Gasteiger partial charge in [0.1, 0.15) is 5.75 Å². The third-order valence-electron chi connectivity index (χ3n) is 2.68. The van der Waals surface area contributed by atoms with Crippen molar-refractivity contribution in [1.82, 2.24) is 5.32 Å². The maximum atomic E-state index is 11.4. The molecule has 0 aliphatic carbocycles. The van der Waals surface area contributed by atoms with Gasteiger partial charge in [-0.3, -0.25) is 4.79 Å². The zero-order chi connectivity index (χ0) is 11.5. The van der Waals surface area contributed by atoms with Gasteiger partial charge in [-0.25, -0.2) is 0 Å². The molecule has 4 nitrogen and oxygen atoms in total. The Morgan fingerprint density at radius 3 is 2.88 bits per heavy atom. The third-order valence-corrected chi connectivity index (χ3v) is 2.68. The Morgan fingerprint density at radius 1 is 1.50 bits per heavy atom. The van der Waals surface area contributed by atoms with E-state index in [0.717, 1.165) is 5.56 Å². The van der Waals surface area contributed by atoms with E-state index in [4.69, 9.17) is 10.5 Å². The molecule has 4 heteroatoms. The molecule has 86 valence electrons. The fourth-order valence-corrected chi connectivity index (χ4v) is 1.80. The summed E-state index contributed by atoms with van der Waals surface area (Å²) in [6.45, 7) is 2.58. The minimum atomic E-state index is -0.375. The van der Waals surface area contributed by atoms with Crippen molar-refractivity contribution in [3.05, 3.63) is 29.8 Å². The molecule has 0 bridgehead atoms. The monoisotopic (exact) mass is 220 g/mol. The molecule has 0 aromatic heterocycles. The van der Waals surface area contributed by atoms with E-state index in [1.165, 1.54) is 0 Å². The van der Waals surface area contributed by atoms with Crippen LogP contribution in [0.5, 0.6) is 5.75 Å². The lowest BCUT2D eigenvalue weighted by atomic mass is 10.1. The van der Waals surface area contributed by atoms with E-state index < -0.39 is 0 Å². The zero-order valence-electron chi connectivity index (χ0n) is 9.27. The molecule has 1 amide bonds. The van der Waals surface area contributed by atoms with Gasteiger partial charge in [-0.15, -0.1) is 0 Å². The van der Waals surface area contributed by atoms with Crippen LogP contribution in [0.25, 0.3) is 0 Å². The Bertz CT molecular complexity index is 390. The average molecular weight is 220 g/mol. The van der Waals surface area contributed by atoms with Gasteiger partial charge in [0.15, 0.2) is 6.10 Å². The number of nitrogens with one attached hydrogen (secondary N) is 1. The first kappa shape index (κ1) is 11.0. The van der Waals surface area contributed by atoms with E-state index in [0.29, 0.717) is 18.7 Å². The maximum Gasteiger partial charge on any atom is 0.261 e. The van der Waals surface area contributed by atoms with Gasteiger partial charge in [-0.05, 0) is 13.0 Å². The van der Waals surface area contributed by atoms with Crippen LogP contribution in [-0.4, -0.2) is 18.6 Å². The molecule has 1 aromatic rings. The standard InChI is InChI=1S/C12H16N2O2/c1-8(13)9-4-2-3-5-10(9)16-11-6-7-14-12(11)15/h2-5,8,11H,6-7,13H2,1H3,(H,14,15). The van der Waals surface area contributed by atoms with E-state index in [9.17, 15) is 4.79 Å². The fraction of sp³-hybridized carbons (Fsp3) is 0.417. The van der Waals surface area contributed by atoms with E-state index in [1.54, 1.807) is 0 Å². The second-order valence-corrected chi connectivity index (χ2v) is 4.01. The first-order chi connectivity index (χ1) is 7.68. The molecular formula is C12H16N2O2. The first-order valence-electron chi connectivity index (χ1n) is 5.47. The van der Waals surface area contributed by atoms with E-state index in [2.05, 4.69) is 5.32 Å². The van der Waals surface area contributed by atoms with Crippen molar-refractivity contribution in [3.8, 4) is 5.75 Å². The van der Waals surface area contributed by atoms with Crippen LogP contribution >= 0.6 is 0 Å². The summed E-state index contributed by atoms with van der Waals surface area (Å²) < 4.78 is 5.69. The minimum absolute atomic E-state index is 0.0422. The Balaban J connectivity index is 2.17. The SMILES string of the molecule is CC(N)c1ccccc1OC1CCNC1=O. The molecule has 0 radical (unpaired) electrons. The quantitative estimate of drug-likeness (QED) is 0.798. The van der Waals surface area contributed by atoms with Crippen LogP contribution in [0.2, 0.25) is 0 Å². The van der Waals surface area contributed by atoms with Crippen LogP contribution < -0.4 is 15.8 Å². The van der Waals surface area contributed by atoms with Gasteiger partial charge >= 0.3 is 0 Å². The minimum Gasteiger partial charge on any atom is -0.480 e. The van der Waals surface area contributed by atoms with Crippen LogP contribution in [0, 0.1) is 0 Å². The van der Waals surface area contributed by atoms with Crippen molar-refractivity contribution < 1.29 is 9.53 Å². The molecule has 1 saturated heterocycles. The lowest BCUT2D eigenvalue weighted by Crippen LogP contribution is -2.28. The van der Waals surface area contributed by atoms with Gasteiger partial charge in [0.2, 0.25) is 0 Å². The lowest BCUT2D eigenvalue weighted by Gasteiger charge is -2.16. The second kappa shape index (κ2) is 4.53. The van der Waals surface area contributed by atoms with Crippen molar-refractivity contribution in [2.45, 2.75) is 25.5 Å². The van der Waals surface area contributed by atoms with Gasteiger partial charge < -0.3 is 15.8 Å². The molecule has 1 aromatic carbocycles. The molecule has 2 atom stereocenters. The predicted octanol–water partition coefficient (Wildman–Crippen LogP) is 0.974. The number of hydrogen-bond donors (Lipinski definition) is 2. The number of nitrogens with two attached hydrogens (primary N) is 1. The molecule has 0 saturated carbocycles. The van der Waals surface area contributed by atoms with Crippen LogP contribution in [0.4, 0.5) is 0 Å². The van der Waals surface area contributed by atoms with Crippen molar-refractivity contribution >= 4 is 5.91 Å². The summed E-state index contributed by atoms with van der Waals surface area (Å²) in [7, 11) is 0. The molecule has 1 heterocycles. The molecular weight excluding hydrogens is 204 g/mol. The molecule has 0 spiro atoms. The topological polar surface area (TPSA) is 64.3 Å². The maximum absolute atomic E-state index is 11.4. The van der Waals surface area contributed by atoms with Crippen molar-refractivity contribution in [3.63, 3.8) is 0 Å². The zero-order valence-corrected chi connectivity index (χ0v) is 9.27. The number of hydrogen-bond acceptors (Lipinski definition) is 3. The predicted molar refractivity (Wildman–Crippen MR) is 61.1 cm³/mol. The van der Waals surface area contributed by atoms with Crippen molar-refractivity contribution in [2.75, 3.05) is 6.54 Å². The average Bonchev–Trinajstić information content (AvgIpc) is 2.65. The Morgan fingerprint density at radius 2 is 2.25 bits per heavy atom. The van der Waals surface area contributed by atoms with Gasteiger partial charge in [-0.2, -0.15) is 0 Å². The van der Waals surface area contributed by atoms with Crippen molar-refractivity contribution in [1.29, 1.82) is 0 Å². The third kappa shape index (κ3) is 2.17. The number of rotatable bonds is 3. The lowest BCUT2D eigenvalue weighted by molar-refractivity contribution is -0.124. The van der Waals surface area contributed by atoms with Gasteiger partial charge in [0.05, 0.1) is 0 Å². The van der Waals surface area contributed by atoms with E-state index >= 15 is 0 Å². The molecule has 2 rings (SSSR count). The van der Waals surface area contributed by atoms with Gasteiger partial charge in [0, 0.05) is 24.6 Å². The molecule has 2 unspecified atom stereocenters. The van der Waals surface area contributed by atoms with E-state index in [-0.39, 0.29) is 18.1 Å². The fourth-order valence-electron chi connectivity index (χ4n) is 1.80. The summed E-state index contributed by atoms with van der Waals surface area (Å²) in [5, 5.41) is 2.74. The number of carbonyl (C=O) groups is 1. The second-order valence-electron chi connectivity index (χ2n) is 4.01. The van der Waals surface area contributed by atoms with Crippen LogP contribution in [0.15, 0.2) is 24.3 Å². The largest absolute Gasteiger partial charge is 0.480 e. The molecule has 16 heavy (non-hydrogen) atoms. The summed E-state index contributed by atoms with van der Waals surface area (Å²) >= 11 is 0. The molecule has 1 aliphatic heterocycles. The highest BCUT2D eigenvalue weighted by Crippen LogP contribution is 2.25. The van der Waals surface area contributed by atoms with Gasteiger partial charge in [-0.1, -0.05) is 18.2 Å². The summed E-state index contributed by atoms with van der Waals surface area (Å²) in [6.07, 6.45) is 0.339. The van der Waals surface area contributed by atoms with Gasteiger partial charge in [0.25, 0.3) is 5.91 Å². The highest BCUT2D eigenvalue weighted by atomic mass is 16.5. The summed E-state index contributed by atoms with van der Waals surface area (Å²) in [5.41, 5.74) is 6.78. The highest BCUT2D eigenvalue weighted by molar-refractivity contribution is 5.83. The first-order valence-corrected chi connectivity index (χ1v) is 5.47. The Hall–Kier alpha value is -1.55. The highest BCUT2D eigenvalue weighted by Gasteiger charge is 2.26. The van der Waals surface area contributed by atoms with Crippen LogP contribution in [0.1, 0.15) is 24.9 Å². The molecule has 1 fully saturated rings. The number of amides is 1. The molecule has 1 aliphatic rings. The summed E-state index contributed by atoms with van der Waals surface area (Å²) in [4.78, 5) is 11.4. The normalized spacial score (nSPS) is 21.6. The smallest absolute Gasteiger partial charge is 0.261 e. The Labute approximate surface area is 94.8 Å². The van der Waals surface area contributed by atoms with Crippen LogP contribution in [0.3, 0.4) is 0 Å². The summed E-state index contributed by atoms with van der Waals surface area (Å²) in [6, 6.07) is 7.48. The van der Waals surface area contributed by atoms with Crippen molar-refractivity contribution in [2.24, 2.45) is 5.73 Å². The number of carbonyl (C=O) groups excluding carboxylic acids is 1. The van der Waals surface area contributed by atoms with Crippen LogP contribution in [-0.2, 0) is 4.79 Å². The van der Waals surface area contributed by atoms with E-state index in [1.807, 2.05) is 31.2 Å². The molecule has 3 N–H and O–H groups in total. The summed E-state index contributed by atoms with van der Waals surface area (Å²) in [5.74, 6) is 0.666.